The van der Waals surface area contributed by atoms with Crippen molar-refractivity contribution in [1.29, 1.82) is 0 Å². The predicted octanol–water partition coefficient (Wildman–Crippen LogP) is 0.188. The molecule has 0 bridgehead atoms. The largest absolute Gasteiger partial charge is 0.376 e. The number of ether oxygens (including phenoxy) is 1. The Balaban J connectivity index is 2.14. The summed E-state index contributed by atoms with van der Waals surface area (Å²) in [6.45, 7) is 3.30. The molecule has 2 atom stereocenters. The third kappa shape index (κ3) is 4.93. The Morgan fingerprint density at radius 2 is 2.14 bits per heavy atom. The van der Waals surface area contributed by atoms with Crippen LogP contribution in [-0.2, 0) is 14.6 Å². The van der Waals surface area contributed by atoms with Gasteiger partial charge < -0.3 is 10.1 Å². The van der Waals surface area contributed by atoms with Crippen LogP contribution in [0.3, 0.4) is 0 Å². The van der Waals surface area contributed by atoms with Crippen LogP contribution in [0.25, 0.3) is 0 Å². The Labute approximate surface area is 85.9 Å². The molecule has 2 unspecified atom stereocenters. The van der Waals surface area contributed by atoms with Gasteiger partial charge in [-0.2, -0.15) is 0 Å². The SMILES string of the molecule is CC1CCC(OCCS(C)(=O)=O)CN1. The highest BCUT2D eigenvalue weighted by Gasteiger charge is 2.17. The van der Waals surface area contributed by atoms with Crippen LogP contribution in [0, 0.1) is 0 Å². The van der Waals surface area contributed by atoms with Gasteiger partial charge >= 0.3 is 0 Å². The first-order valence-corrected chi connectivity index (χ1v) is 7.06. The van der Waals surface area contributed by atoms with Gasteiger partial charge in [-0.15, -0.1) is 0 Å². The fourth-order valence-electron chi connectivity index (χ4n) is 1.48. The Bertz CT molecular complexity index is 255. The van der Waals surface area contributed by atoms with E-state index in [1.54, 1.807) is 0 Å². The molecule has 0 aromatic rings. The second-order valence-corrected chi connectivity index (χ2v) is 6.27. The zero-order chi connectivity index (χ0) is 10.6. The van der Waals surface area contributed by atoms with Gasteiger partial charge in [0, 0.05) is 18.8 Å². The molecule has 0 aromatic heterocycles. The summed E-state index contributed by atoms with van der Waals surface area (Å²) in [6, 6.07) is 0.560. The fourth-order valence-corrected chi connectivity index (χ4v) is 1.88. The van der Waals surface area contributed by atoms with Crippen molar-refractivity contribution in [2.45, 2.75) is 31.9 Å². The quantitative estimate of drug-likeness (QED) is 0.736. The number of sulfone groups is 1. The Morgan fingerprint density at radius 3 is 2.64 bits per heavy atom. The van der Waals surface area contributed by atoms with E-state index in [1.165, 1.54) is 6.26 Å². The number of piperidine rings is 1. The molecule has 1 fully saturated rings. The van der Waals surface area contributed by atoms with Crippen LogP contribution in [0.4, 0.5) is 0 Å². The molecule has 0 spiro atoms. The molecule has 5 heteroatoms. The molecule has 1 N–H and O–H groups in total. The van der Waals surface area contributed by atoms with Gasteiger partial charge in [-0.3, -0.25) is 0 Å². The minimum absolute atomic E-state index is 0.124. The van der Waals surface area contributed by atoms with Crippen LogP contribution in [-0.4, -0.2) is 45.7 Å². The molecule has 0 amide bonds. The lowest BCUT2D eigenvalue weighted by Crippen LogP contribution is -2.41. The average Bonchev–Trinajstić information content (AvgIpc) is 2.06. The molecule has 84 valence electrons. The maximum Gasteiger partial charge on any atom is 0.149 e. The summed E-state index contributed by atoms with van der Waals surface area (Å²) in [5, 5.41) is 3.31. The lowest BCUT2D eigenvalue weighted by molar-refractivity contribution is 0.0401. The summed E-state index contributed by atoms with van der Waals surface area (Å²) in [7, 11) is -2.88. The number of rotatable bonds is 4. The molecule has 0 aromatic carbocycles. The number of hydrogen-bond acceptors (Lipinski definition) is 4. The van der Waals surface area contributed by atoms with Gasteiger partial charge in [-0.25, -0.2) is 8.42 Å². The van der Waals surface area contributed by atoms with E-state index < -0.39 is 9.84 Å². The summed E-state index contributed by atoms with van der Waals surface area (Å²) < 4.78 is 27.1. The predicted molar refractivity (Wildman–Crippen MR) is 56.1 cm³/mol. The van der Waals surface area contributed by atoms with Crippen molar-refractivity contribution in [3.63, 3.8) is 0 Å². The number of hydrogen-bond donors (Lipinski definition) is 1. The molecule has 1 rings (SSSR count). The van der Waals surface area contributed by atoms with E-state index in [2.05, 4.69) is 12.2 Å². The molecular formula is C9H19NO3S. The molecule has 1 heterocycles. The molecule has 1 aliphatic heterocycles. The van der Waals surface area contributed by atoms with Gasteiger partial charge in [-0.1, -0.05) is 0 Å². The minimum Gasteiger partial charge on any atom is -0.376 e. The Hall–Kier alpha value is -0.130. The van der Waals surface area contributed by atoms with E-state index in [4.69, 9.17) is 4.74 Å². The summed E-state index contributed by atoms with van der Waals surface area (Å²) in [5.74, 6) is 0.124. The van der Waals surface area contributed by atoms with Gasteiger partial charge in [0.15, 0.2) is 0 Å². The first-order valence-electron chi connectivity index (χ1n) is 5.00. The van der Waals surface area contributed by atoms with Crippen LogP contribution in [0.1, 0.15) is 19.8 Å². The monoisotopic (exact) mass is 221 g/mol. The van der Waals surface area contributed by atoms with E-state index in [9.17, 15) is 8.42 Å². The van der Waals surface area contributed by atoms with E-state index in [-0.39, 0.29) is 11.9 Å². The zero-order valence-electron chi connectivity index (χ0n) is 8.82. The van der Waals surface area contributed by atoms with Crippen molar-refractivity contribution in [1.82, 2.24) is 5.32 Å². The summed E-state index contributed by atoms with van der Waals surface area (Å²) in [5.41, 5.74) is 0. The molecule has 0 radical (unpaired) electrons. The van der Waals surface area contributed by atoms with Crippen LogP contribution < -0.4 is 5.32 Å². The maximum atomic E-state index is 10.8. The van der Waals surface area contributed by atoms with Gasteiger partial charge in [0.1, 0.15) is 9.84 Å². The maximum absolute atomic E-state index is 10.8. The minimum atomic E-state index is -2.88. The molecule has 14 heavy (non-hydrogen) atoms. The third-order valence-electron chi connectivity index (χ3n) is 2.42. The Morgan fingerprint density at radius 1 is 1.43 bits per heavy atom. The van der Waals surface area contributed by atoms with E-state index in [0.29, 0.717) is 12.6 Å². The van der Waals surface area contributed by atoms with Crippen molar-refractivity contribution >= 4 is 9.84 Å². The molecule has 1 aliphatic rings. The van der Waals surface area contributed by atoms with Crippen molar-refractivity contribution in [2.24, 2.45) is 0 Å². The molecule has 0 aliphatic carbocycles. The zero-order valence-corrected chi connectivity index (χ0v) is 9.64. The highest BCUT2D eigenvalue weighted by molar-refractivity contribution is 7.90. The van der Waals surface area contributed by atoms with Crippen LogP contribution in [0.2, 0.25) is 0 Å². The number of nitrogens with one attached hydrogen (secondary N) is 1. The smallest absolute Gasteiger partial charge is 0.149 e. The van der Waals surface area contributed by atoms with Gasteiger partial charge in [0.05, 0.1) is 18.5 Å². The summed E-state index contributed by atoms with van der Waals surface area (Å²) in [4.78, 5) is 0. The summed E-state index contributed by atoms with van der Waals surface area (Å²) in [6.07, 6.45) is 3.55. The normalized spacial score (nSPS) is 29.0. The second kappa shape index (κ2) is 5.09. The van der Waals surface area contributed by atoms with E-state index in [0.717, 1.165) is 19.4 Å². The lowest BCUT2D eigenvalue weighted by Gasteiger charge is -2.27. The van der Waals surface area contributed by atoms with Crippen LogP contribution in [0.5, 0.6) is 0 Å². The molecular weight excluding hydrogens is 202 g/mol. The van der Waals surface area contributed by atoms with Gasteiger partial charge in [0.25, 0.3) is 0 Å². The topological polar surface area (TPSA) is 55.4 Å². The highest BCUT2D eigenvalue weighted by atomic mass is 32.2. The van der Waals surface area contributed by atoms with Gasteiger partial charge in [-0.05, 0) is 19.8 Å². The average molecular weight is 221 g/mol. The fraction of sp³-hybridized carbons (Fsp3) is 1.00. The Kier molecular flexibility index (Phi) is 4.34. The second-order valence-electron chi connectivity index (χ2n) is 4.01. The van der Waals surface area contributed by atoms with Crippen LogP contribution >= 0.6 is 0 Å². The van der Waals surface area contributed by atoms with Crippen LogP contribution in [0.15, 0.2) is 0 Å². The molecule has 0 saturated carbocycles. The molecule has 1 saturated heterocycles. The van der Waals surface area contributed by atoms with Crippen molar-refractivity contribution in [2.75, 3.05) is 25.2 Å². The third-order valence-corrected chi connectivity index (χ3v) is 3.33. The summed E-state index contributed by atoms with van der Waals surface area (Å²) >= 11 is 0. The highest BCUT2D eigenvalue weighted by Crippen LogP contribution is 2.10. The molecule has 4 nitrogen and oxygen atoms in total. The van der Waals surface area contributed by atoms with E-state index >= 15 is 0 Å². The van der Waals surface area contributed by atoms with Crippen molar-refractivity contribution in [3.8, 4) is 0 Å². The van der Waals surface area contributed by atoms with Gasteiger partial charge in [0.2, 0.25) is 0 Å². The lowest BCUT2D eigenvalue weighted by atomic mass is 10.0. The van der Waals surface area contributed by atoms with Crippen molar-refractivity contribution in [3.05, 3.63) is 0 Å². The van der Waals surface area contributed by atoms with Crippen molar-refractivity contribution < 1.29 is 13.2 Å². The first kappa shape index (κ1) is 11.9. The van der Waals surface area contributed by atoms with E-state index in [1.807, 2.05) is 0 Å². The standard InChI is InChI=1S/C9H19NO3S/c1-8-3-4-9(7-10-8)13-5-6-14(2,11)12/h8-10H,3-7H2,1-2H3. The first-order chi connectivity index (χ1) is 6.47.